The van der Waals surface area contributed by atoms with E-state index in [-0.39, 0.29) is 27.8 Å². The van der Waals surface area contributed by atoms with Crippen molar-refractivity contribution in [1.29, 1.82) is 0 Å². The molecule has 1 spiro atoms. The van der Waals surface area contributed by atoms with E-state index in [0.717, 1.165) is 11.3 Å². The zero-order valence-electron chi connectivity index (χ0n) is 21.8. The summed E-state index contributed by atoms with van der Waals surface area (Å²) in [6.45, 7) is 2.23. The molecule has 40 heavy (non-hydrogen) atoms. The van der Waals surface area contributed by atoms with Gasteiger partial charge in [-0.3, -0.25) is 14.7 Å². The fraction of sp³-hybridized carbons (Fsp3) is 0.259. The first-order valence-corrected chi connectivity index (χ1v) is 12.8. The highest BCUT2D eigenvalue weighted by atomic mass is 35.5. The van der Waals surface area contributed by atoms with E-state index in [1.165, 1.54) is 32.7 Å². The van der Waals surface area contributed by atoms with E-state index in [2.05, 4.69) is 30.6 Å². The van der Waals surface area contributed by atoms with Crippen LogP contribution in [0.25, 0.3) is 11.4 Å². The van der Waals surface area contributed by atoms with Gasteiger partial charge in [-0.15, -0.1) is 0 Å². The average Bonchev–Trinajstić information content (AvgIpc) is 3.70. The van der Waals surface area contributed by atoms with Crippen LogP contribution in [0.15, 0.2) is 54.8 Å². The van der Waals surface area contributed by atoms with E-state index in [0.29, 0.717) is 30.3 Å². The summed E-state index contributed by atoms with van der Waals surface area (Å²) < 4.78 is 18.4. The molecule has 2 atom stereocenters. The molecule has 2 aliphatic rings. The number of benzene rings is 2. The predicted molar refractivity (Wildman–Crippen MR) is 144 cm³/mol. The number of ketones is 2. The lowest BCUT2D eigenvalue weighted by molar-refractivity contribution is -0.129. The molecule has 2 aromatic carbocycles. The number of nitrogens with zero attached hydrogens (tertiary/aromatic N) is 5. The summed E-state index contributed by atoms with van der Waals surface area (Å²) in [5.41, 5.74) is 0.658. The second-order valence-electron chi connectivity index (χ2n) is 9.51. The third-order valence-corrected chi connectivity index (χ3v) is 7.43. The molecule has 0 amide bonds. The van der Waals surface area contributed by atoms with Crippen molar-refractivity contribution in [1.82, 2.24) is 29.9 Å². The molecular formula is C27H24ClN7O5. The molecular weight excluding hydrogens is 538 g/mol. The number of anilines is 1. The maximum atomic E-state index is 13.7. The van der Waals surface area contributed by atoms with E-state index in [1.54, 1.807) is 17.9 Å². The van der Waals surface area contributed by atoms with Crippen molar-refractivity contribution in [2.75, 3.05) is 19.5 Å². The van der Waals surface area contributed by atoms with Gasteiger partial charge in [0.2, 0.25) is 17.2 Å². The third kappa shape index (κ3) is 4.08. The number of fused-ring (bicyclic) bond motifs is 1. The first-order chi connectivity index (χ1) is 19.3. The van der Waals surface area contributed by atoms with Gasteiger partial charge in [0, 0.05) is 35.0 Å². The van der Waals surface area contributed by atoms with Crippen LogP contribution in [0.5, 0.6) is 17.2 Å². The summed E-state index contributed by atoms with van der Waals surface area (Å²) in [4.78, 5) is 35.6. The number of halogens is 1. The number of Topliss-reactive ketones (excluding diaryl/α,β-unsaturated/α-hetero) is 1. The number of hydrogen-bond donors (Lipinski definition) is 2. The molecule has 0 bridgehead atoms. The lowest BCUT2D eigenvalue weighted by Crippen LogP contribution is -2.55. The van der Waals surface area contributed by atoms with Crippen molar-refractivity contribution in [3.8, 4) is 28.6 Å². The highest BCUT2D eigenvalue weighted by Gasteiger charge is 2.60. The number of ether oxygens (including phenoxy) is 3. The van der Waals surface area contributed by atoms with Gasteiger partial charge in [0.1, 0.15) is 47.1 Å². The smallest absolute Gasteiger partial charge is 0.236 e. The van der Waals surface area contributed by atoms with Gasteiger partial charge in [-0.2, -0.15) is 10.2 Å². The van der Waals surface area contributed by atoms with E-state index < -0.39 is 23.1 Å². The van der Waals surface area contributed by atoms with Crippen LogP contribution in [0.2, 0.25) is 5.02 Å². The van der Waals surface area contributed by atoms with Crippen LogP contribution in [0.1, 0.15) is 29.5 Å². The summed E-state index contributed by atoms with van der Waals surface area (Å²) in [6, 6.07) is 9.01. The molecule has 2 aromatic heterocycles. The zero-order chi connectivity index (χ0) is 28.0. The van der Waals surface area contributed by atoms with Gasteiger partial charge in [-0.25, -0.2) is 14.6 Å². The van der Waals surface area contributed by atoms with Crippen molar-refractivity contribution < 1.29 is 23.8 Å². The van der Waals surface area contributed by atoms with Crippen LogP contribution < -0.4 is 19.5 Å². The molecule has 0 radical (unpaired) electrons. The Bertz CT molecular complexity index is 1650. The average molecular weight is 562 g/mol. The molecule has 0 saturated carbocycles. The Morgan fingerprint density at radius 3 is 2.65 bits per heavy atom. The number of rotatable bonds is 7. The maximum Gasteiger partial charge on any atom is 0.236 e. The summed E-state index contributed by atoms with van der Waals surface area (Å²) in [5, 5.41) is 14.7. The Balaban J connectivity index is 1.20. The van der Waals surface area contributed by atoms with Gasteiger partial charge < -0.3 is 19.5 Å². The van der Waals surface area contributed by atoms with Crippen molar-refractivity contribution in [3.05, 3.63) is 71.2 Å². The molecule has 2 unspecified atom stereocenters. The van der Waals surface area contributed by atoms with Gasteiger partial charge in [0.05, 0.1) is 14.2 Å². The van der Waals surface area contributed by atoms with Crippen LogP contribution in [0.4, 0.5) is 5.69 Å². The van der Waals surface area contributed by atoms with Gasteiger partial charge in [0.15, 0.2) is 11.6 Å². The standard InChI is InChI=1S/C27H24ClN7O5/c1-14-8-17(9-20(36)27(14)25(37)22-18(38-2)10-19(39-3)23(28)24(22)40-27)31-16-6-4-15(5-7-16)26-32-21(33-34-26)11-35-13-29-12-30-35/h4-7,9-10,12-14,31H,8,11H2,1-3H3,(H,32,33,34). The predicted octanol–water partition coefficient (Wildman–Crippen LogP) is 3.70. The molecule has 6 rings (SSSR count). The molecule has 0 fully saturated rings. The second-order valence-corrected chi connectivity index (χ2v) is 9.88. The number of allylic oxidation sites excluding steroid dienone is 1. The normalized spacial score (nSPS) is 19.8. The number of aromatic amines is 1. The molecule has 13 heteroatoms. The first kappa shape index (κ1) is 25.6. The van der Waals surface area contributed by atoms with Crippen molar-refractivity contribution in [2.24, 2.45) is 5.92 Å². The first-order valence-electron chi connectivity index (χ1n) is 12.4. The van der Waals surface area contributed by atoms with E-state index in [9.17, 15) is 9.59 Å². The highest BCUT2D eigenvalue weighted by Crippen LogP contribution is 2.53. The largest absolute Gasteiger partial charge is 0.496 e. The fourth-order valence-electron chi connectivity index (χ4n) is 5.07. The third-order valence-electron chi connectivity index (χ3n) is 7.07. The van der Waals surface area contributed by atoms with Crippen LogP contribution in [-0.4, -0.2) is 61.3 Å². The Labute approximate surface area is 233 Å². The molecule has 0 saturated heterocycles. The van der Waals surface area contributed by atoms with Crippen LogP contribution in [-0.2, 0) is 11.3 Å². The van der Waals surface area contributed by atoms with Crippen LogP contribution in [0.3, 0.4) is 0 Å². The summed E-state index contributed by atoms with van der Waals surface area (Å²) >= 11 is 6.46. The minimum absolute atomic E-state index is 0.0971. The molecule has 1 aliphatic carbocycles. The number of H-pyrrole nitrogens is 1. The number of hydrogen-bond acceptors (Lipinski definition) is 10. The number of nitrogens with one attached hydrogen (secondary N) is 2. The van der Waals surface area contributed by atoms with Gasteiger partial charge in [-0.05, 0) is 30.7 Å². The van der Waals surface area contributed by atoms with Crippen LogP contribution >= 0.6 is 11.6 Å². The van der Waals surface area contributed by atoms with Crippen LogP contribution in [0, 0.1) is 5.92 Å². The Hall–Kier alpha value is -4.71. The minimum atomic E-state index is -1.73. The topological polar surface area (TPSA) is 146 Å². The number of aromatic nitrogens is 6. The molecule has 3 heterocycles. The fourth-order valence-corrected chi connectivity index (χ4v) is 5.33. The quantitative estimate of drug-likeness (QED) is 0.320. The number of carbonyl (C=O) groups excluding carboxylic acids is 2. The van der Waals surface area contributed by atoms with Gasteiger partial charge >= 0.3 is 0 Å². The summed E-state index contributed by atoms with van der Waals surface area (Å²) in [7, 11) is 2.88. The molecule has 1 aliphatic heterocycles. The van der Waals surface area contributed by atoms with Gasteiger partial charge in [-0.1, -0.05) is 18.5 Å². The summed E-state index contributed by atoms with van der Waals surface area (Å²) in [5.74, 6) is 0.389. The Morgan fingerprint density at radius 2 is 1.98 bits per heavy atom. The Kier molecular flexibility index (Phi) is 6.26. The van der Waals surface area contributed by atoms with E-state index in [4.69, 9.17) is 25.8 Å². The molecule has 204 valence electrons. The molecule has 4 aromatic rings. The van der Waals surface area contributed by atoms with Crippen molar-refractivity contribution >= 4 is 28.9 Å². The Morgan fingerprint density at radius 1 is 1.20 bits per heavy atom. The van der Waals surface area contributed by atoms with E-state index >= 15 is 0 Å². The molecule has 12 nitrogen and oxygen atoms in total. The maximum absolute atomic E-state index is 13.7. The SMILES string of the molecule is COc1cc(OC)c2c(c1Cl)OC1(C(=O)C=C(Nc3ccc(-c4n[nH]c(Cn5cncn5)n4)cc3)CC1C)C2=O. The number of methoxy groups -OCH3 is 2. The zero-order valence-corrected chi connectivity index (χ0v) is 22.5. The second kappa shape index (κ2) is 9.79. The monoisotopic (exact) mass is 561 g/mol. The number of carbonyl (C=O) groups is 2. The van der Waals surface area contributed by atoms with E-state index in [1.807, 2.05) is 24.3 Å². The molecule has 2 N–H and O–H groups in total. The van der Waals surface area contributed by atoms with Crippen molar-refractivity contribution in [2.45, 2.75) is 25.5 Å². The summed E-state index contributed by atoms with van der Waals surface area (Å²) in [6.07, 6.45) is 4.87. The lowest BCUT2D eigenvalue weighted by Gasteiger charge is -2.35. The highest BCUT2D eigenvalue weighted by molar-refractivity contribution is 6.36. The minimum Gasteiger partial charge on any atom is -0.496 e. The lowest BCUT2D eigenvalue weighted by atomic mass is 9.74. The van der Waals surface area contributed by atoms with Gasteiger partial charge in [0.25, 0.3) is 0 Å². The van der Waals surface area contributed by atoms with Crippen molar-refractivity contribution in [3.63, 3.8) is 0 Å².